The van der Waals surface area contributed by atoms with Crippen LogP contribution >= 0.6 is 0 Å². The molecule has 0 heteroatoms. The van der Waals surface area contributed by atoms with Gasteiger partial charge in [0.2, 0.25) is 0 Å². The molecule has 0 bridgehead atoms. The van der Waals surface area contributed by atoms with Crippen LogP contribution in [0.4, 0.5) is 0 Å². The fraction of sp³-hybridized carbons (Fsp3) is 0.455. The van der Waals surface area contributed by atoms with Crippen LogP contribution in [0, 0.1) is 5.41 Å². The van der Waals surface area contributed by atoms with Gasteiger partial charge in [-0.2, -0.15) is 0 Å². The van der Waals surface area contributed by atoms with Crippen molar-refractivity contribution in [1.29, 1.82) is 0 Å². The molecule has 1 aliphatic carbocycles. The zero-order valence-corrected chi connectivity index (χ0v) is 15.8. The van der Waals surface area contributed by atoms with E-state index < -0.39 is 0 Å². The molecule has 0 fully saturated rings. The van der Waals surface area contributed by atoms with E-state index in [0.717, 1.165) is 6.42 Å². The highest BCUT2D eigenvalue weighted by Gasteiger charge is 2.15. The van der Waals surface area contributed by atoms with Gasteiger partial charge in [-0.25, -0.2) is 0 Å². The summed E-state index contributed by atoms with van der Waals surface area (Å²) >= 11 is 0. The first-order valence-electron chi connectivity index (χ1n) is 8.61. The number of hydrogen-bond donors (Lipinski definition) is 0. The fourth-order valence-corrected chi connectivity index (χ4v) is 2.08. The van der Waals surface area contributed by atoms with Gasteiger partial charge in [-0.15, -0.1) is 0 Å². The maximum Gasteiger partial charge on any atom is -0.00135 e. The molecule has 0 atom stereocenters. The second kappa shape index (κ2) is 10.2. The van der Waals surface area contributed by atoms with Gasteiger partial charge >= 0.3 is 0 Å². The molecule has 0 heterocycles. The van der Waals surface area contributed by atoms with Gasteiger partial charge < -0.3 is 0 Å². The highest BCUT2D eigenvalue weighted by Crippen LogP contribution is 2.35. The van der Waals surface area contributed by atoms with Crippen molar-refractivity contribution < 1.29 is 0 Å². The van der Waals surface area contributed by atoms with Crippen LogP contribution in [0.15, 0.2) is 48.5 Å². The third-order valence-corrected chi connectivity index (χ3v) is 2.71. The summed E-state index contributed by atoms with van der Waals surface area (Å²) in [5.41, 5.74) is 6.25. The van der Waals surface area contributed by atoms with Gasteiger partial charge in [0.1, 0.15) is 0 Å². The minimum atomic E-state index is 0.500. The normalized spacial score (nSPS) is 10.5. The van der Waals surface area contributed by atoms with Crippen LogP contribution in [0.1, 0.15) is 66.5 Å². The van der Waals surface area contributed by atoms with Gasteiger partial charge in [0.15, 0.2) is 0 Å². The van der Waals surface area contributed by atoms with Crippen LogP contribution in [0.3, 0.4) is 0 Å². The molecular weight excluding hydrogens is 264 g/mol. The number of fused-ring (bicyclic) bond motifs is 3. The van der Waals surface area contributed by atoms with E-state index in [4.69, 9.17) is 0 Å². The molecule has 1 aliphatic rings. The standard InChI is InChI=1S/C13H10.C5H12.2C2H6/c1-3-7-12-10(5-1)9-11-6-2-4-8-13(11)12;1-5(2,3)4;2*1-2/h1-8H,9H2;1-4H3;2*1-2H3. The molecule has 0 aromatic heterocycles. The SMILES string of the molecule is CC.CC.CC(C)(C)C.c1ccc2c(c1)Cc1ccccc1-2. The van der Waals surface area contributed by atoms with Crippen LogP contribution in [0.2, 0.25) is 0 Å². The average Bonchev–Trinajstić information content (AvgIpc) is 2.88. The lowest BCUT2D eigenvalue weighted by molar-refractivity contribution is 0.469. The summed E-state index contributed by atoms with van der Waals surface area (Å²) in [4.78, 5) is 0. The van der Waals surface area contributed by atoms with Crippen molar-refractivity contribution >= 4 is 0 Å². The van der Waals surface area contributed by atoms with Gasteiger partial charge in [0.05, 0.1) is 0 Å². The first-order chi connectivity index (χ1) is 10.4. The first kappa shape index (κ1) is 20.4. The van der Waals surface area contributed by atoms with Crippen LogP contribution < -0.4 is 0 Å². The van der Waals surface area contributed by atoms with Crippen LogP contribution in [0.25, 0.3) is 11.1 Å². The molecule has 3 rings (SSSR count). The van der Waals surface area contributed by atoms with E-state index >= 15 is 0 Å². The van der Waals surface area contributed by atoms with Gasteiger partial charge in [-0.3, -0.25) is 0 Å². The lowest BCUT2D eigenvalue weighted by Gasteiger charge is -2.05. The molecule has 0 aliphatic heterocycles. The van der Waals surface area contributed by atoms with E-state index in [9.17, 15) is 0 Å². The Morgan fingerprint density at radius 3 is 1.18 bits per heavy atom. The summed E-state index contributed by atoms with van der Waals surface area (Å²) in [6, 6.07) is 17.3. The van der Waals surface area contributed by atoms with E-state index in [1.165, 1.54) is 22.3 Å². The van der Waals surface area contributed by atoms with Gasteiger partial charge in [-0.05, 0) is 34.1 Å². The summed E-state index contributed by atoms with van der Waals surface area (Å²) in [5.74, 6) is 0. The summed E-state index contributed by atoms with van der Waals surface area (Å²) in [6.45, 7) is 16.8. The van der Waals surface area contributed by atoms with Crippen LogP contribution in [-0.4, -0.2) is 0 Å². The molecule has 0 radical (unpaired) electrons. The Hall–Kier alpha value is -1.56. The van der Waals surface area contributed by atoms with E-state index in [2.05, 4.69) is 76.2 Å². The number of benzene rings is 2. The highest BCUT2D eigenvalue weighted by atomic mass is 14.2. The number of rotatable bonds is 0. The lowest BCUT2D eigenvalue weighted by atomic mass is 10.0. The maximum absolute atomic E-state index is 2.22. The summed E-state index contributed by atoms with van der Waals surface area (Å²) in [7, 11) is 0. The Kier molecular flexibility index (Phi) is 9.49. The van der Waals surface area contributed by atoms with Crippen LogP contribution in [-0.2, 0) is 6.42 Å². The maximum atomic E-state index is 2.22. The lowest BCUT2D eigenvalue weighted by Crippen LogP contribution is -1.93. The third kappa shape index (κ3) is 6.93. The Labute approximate surface area is 138 Å². The molecule has 0 N–H and O–H groups in total. The molecule has 0 saturated heterocycles. The largest absolute Gasteiger partial charge is 0.0683 e. The fourth-order valence-electron chi connectivity index (χ4n) is 2.08. The smallest absolute Gasteiger partial charge is 0.00135 e. The van der Waals surface area contributed by atoms with Crippen molar-refractivity contribution in [2.75, 3.05) is 0 Å². The molecule has 22 heavy (non-hydrogen) atoms. The monoisotopic (exact) mass is 298 g/mol. The predicted molar refractivity (Wildman–Crippen MR) is 103 cm³/mol. The predicted octanol–water partition coefficient (Wildman–Crippen LogP) is 7.36. The average molecular weight is 299 g/mol. The Morgan fingerprint density at radius 2 is 0.864 bits per heavy atom. The van der Waals surface area contributed by atoms with Gasteiger partial charge in [0, 0.05) is 0 Å². The van der Waals surface area contributed by atoms with Crippen molar-refractivity contribution in [2.24, 2.45) is 5.41 Å². The molecule has 0 unspecified atom stereocenters. The minimum Gasteiger partial charge on any atom is -0.0683 e. The second-order valence-electron chi connectivity index (χ2n) is 6.49. The highest BCUT2D eigenvalue weighted by molar-refractivity contribution is 5.76. The number of hydrogen-bond acceptors (Lipinski definition) is 0. The molecule has 0 nitrogen and oxygen atoms in total. The van der Waals surface area contributed by atoms with Gasteiger partial charge in [0.25, 0.3) is 0 Å². The second-order valence-corrected chi connectivity index (χ2v) is 6.49. The van der Waals surface area contributed by atoms with E-state index in [1.54, 1.807) is 0 Å². The molecule has 0 spiro atoms. The summed E-state index contributed by atoms with van der Waals surface area (Å²) < 4.78 is 0. The van der Waals surface area contributed by atoms with Crippen molar-refractivity contribution in [2.45, 2.75) is 61.8 Å². The third-order valence-electron chi connectivity index (χ3n) is 2.71. The molecule has 2 aromatic carbocycles. The Balaban J connectivity index is 0.000000420. The molecule has 0 saturated carbocycles. The molecule has 122 valence electrons. The summed E-state index contributed by atoms with van der Waals surface area (Å²) in [6.07, 6.45) is 1.10. The topological polar surface area (TPSA) is 0 Å². The molecule has 0 amide bonds. The summed E-state index contributed by atoms with van der Waals surface area (Å²) in [5, 5.41) is 0. The van der Waals surface area contributed by atoms with E-state index in [1.807, 2.05) is 27.7 Å². The Morgan fingerprint density at radius 1 is 0.591 bits per heavy atom. The zero-order chi connectivity index (χ0) is 17.2. The zero-order valence-electron chi connectivity index (χ0n) is 15.8. The Bertz CT molecular complexity index is 480. The quantitative estimate of drug-likeness (QED) is 0.406. The van der Waals surface area contributed by atoms with Crippen molar-refractivity contribution in [3.63, 3.8) is 0 Å². The van der Waals surface area contributed by atoms with Crippen molar-refractivity contribution in [3.8, 4) is 11.1 Å². The van der Waals surface area contributed by atoms with Crippen molar-refractivity contribution in [1.82, 2.24) is 0 Å². The van der Waals surface area contributed by atoms with Crippen LogP contribution in [0.5, 0.6) is 0 Å². The van der Waals surface area contributed by atoms with Crippen molar-refractivity contribution in [3.05, 3.63) is 59.7 Å². The first-order valence-corrected chi connectivity index (χ1v) is 8.61. The minimum absolute atomic E-state index is 0.500. The van der Waals surface area contributed by atoms with Gasteiger partial charge in [-0.1, -0.05) is 104 Å². The molecular formula is C22H34. The van der Waals surface area contributed by atoms with E-state index in [0.29, 0.717) is 5.41 Å². The van der Waals surface area contributed by atoms with E-state index in [-0.39, 0.29) is 0 Å². The molecule has 2 aromatic rings.